The van der Waals surface area contributed by atoms with E-state index in [4.69, 9.17) is 4.52 Å². The molecular formula is C18H18BrN3O3. The number of nitrogens with one attached hydrogen (secondary N) is 1. The van der Waals surface area contributed by atoms with Gasteiger partial charge in [-0.15, -0.1) is 0 Å². The van der Waals surface area contributed by atoms with Gasteiger partial charge < -0.3 is 9.42 Å². The van der Waals surface area contributed by atoms with E-state index < -0.39 is 0 Å². The summed E-state index contributed by atoms with van der Waals surface area (Å²) in [5.74, 6) is -0.0259. The van der Waals surface area contributed by atoms with Crippen LogP contribution in [0.15, 0.2) is 27.2 Å². The van der Waals surface area contributed by atoms with Crippen molar-refractivity contribution in [2.24, 2.45) is 0 Å². The molecule has 2 heterocycles. The predicted molar refractivity (Wildman–Crippen MR) is 95.6 cm³/mol. The van der Waals surface area contributed by atoms with Crippen LogP contribution in [0.4, 0.5) is 5.88 Å². The number of carbonyl (C=O) groups is 2. The van der Waals surface area contributed by atoms with E-state index in [9.17, 15) is 9.59 Å². The van der Waals surface area contributed by atoms with Crippen molar-refractivity contribution >= 4 is 33.6 Å². The normalized spacial score (nSPS) is 17.6. The highest BCUT2D eigenvalue weighted by Gasteiger charge is 2.51. The van der Waals surface area contributed by atoms with Gasteiger partial charge >= 0.3 is 0 Å². The standard InChI is InChI=1S/C18H18BrN3O3/c1-10-11(2)21-25-16(10)20-15(23)8-22-9-18(5-6-18)14-7-12(19)3-4-13(14)17(22)24/h3-4,7H,5-6,8-9H2,1-2H3,(H,20,23). The molecule has 2 aliphatic rings. The van der Waals surface area contributed by atoms with Crippen LogP contribution in [0, 0.1) is 13.8 Å². The zero-order valence-corrected chi connectivity index (χ0v) is 15.6. The Morgan fingerprint density at radius 1 is 1.40 bits per heavy atom. The molecule has 1 spiro atoms. The van der Waals surface area contributed by atoms with Gasteiger partial charge in [0.25, 0.3) is 5.91 Å². The molecule has 1 aliphatic carbocycles. The van der Waals surface area contributed by atoms with E-state index in [1.807, 2.05) is 32.0 Å². The quantitative estimate of drug-likeness (QED) is 0.853. The van der Waals surface area contributed by atoms with Crippen LogP contribution < -0.4 is 5.32 Å². The molecule has 0 atom stereocenters. The van der Waals surface area contributed by atoms with Crippen LogP contribution in [0.1, 0.15) is 40.0 Å². The summed E-state index contributed by atoms with van der Waals surface area (Å²) in [6.45, 7) is 4.24. The van der Waals surface area contributed by atoms with Crippen molar-refractivity contribution in [3.05, 3.63) is 45.1 Å². The number of aromatic nitrogens is 1. The summed E-state index contributed by atoms with van der Waals surface area (Å²) in [6, 6.07) is 5.76. The molecule has 0 saturated heterocycles. The summed E-state index contributed by atoms with van der Waals surface area (Å²) < 4.78 is 6.09. The zero-order chi connectivity index (χ0) is 17.8. The van der Waals surface area contributed by atoms with Crippen molar-refractivity contribution in [2.75, 3.05) is 18.4 Å². The molecule has 7 heteroatoms. The van der Waals surface area contributed by atoms with Gasteiger partial charge in [-0.05, 0) is 50.5 Å². The number of hydrogen-bond acceptors (Lipinski definition) is 4. The third-order valence-corrected chi connectivity index (χ3v) is 5.66. The fourth-order valence-corrected chi connectivity index (χ4v) is 3.77. The number of carbonyl (C=O) groups excluding carboxylic acids is 2. The number of anilines is 1. The number of halogens is 1. The average molecular weight is 404 g/mol. The van der Waals surface area contributed by atoms with Gasteiger partial charge in [0.1, 0.15) is 6.54 Å². The lowest BCUT2D eigenvalue weighted by molar-refractivity contribution is -0.117. The minimum Gasteiger partial charge on any atom is -0.338 e. The summed E-state index contributed by atoms with van der Waals surface area (Å²) >= 11 is 3.49. The first-order valence-electron chi connectivity index (χ1n) is 8.22. The lowest BCUT2D eigenvalue weighted by Crippen LogP contribution is -2.46. The average Bonchev–Trinajstić information content (AvgIpc) is 3.29. The maximum atomic E-state index is 12.8. The molecule has 1 fully saturated rings. The first kappa shape index (κ1) is 16.3. The van der Waals surface area contributed by atoms with E-state index in [1.54, 1.807) is 4.90 Å². The fourth-order valence-electron chi connectivity index (χ4n) is 3.41. The maximum absolute atomic E-state index is 12.8. The smallest absolute Gasteiger partial charge is 0.254 e. The highest BCUT2D eigenvalue weighted by molar-refractivity contribution is 9.10. The first-order valence-corrected chi connectivity index (χ1v) is 9.01. The number of benzene rings is 1. The molecule has 6 nitrogen and oxygen atoms in total. The van der Waals surface area contributed by atoms with Gasteiger partial charge in [0.15, 0.2) is 0 Å². The van der Waals surface area contributed by atoms with Gasteiger partial charge in [0.05, 0.1) is 5.69 Å². The van der Waals surface area contributed by atoms with Crippen LogP contribution in [-0.2, 0) is 10.2 Å². The molecule has 1 saturated carbocycles. The van der Waals surface area contributed by atoms with Gasteiger partial charge in [-0.2, -0.15) is 0 Å². The van der Waals surface area contributed by atoms with E-state index in [1.165, 1.54) is 0 Å². The third-order valence-electron chi connectivity index (χ3n) is 5.16. The Morgan fingerprint density at radius 3 is 2.80 bits per heavy atom. The van der Waals surface area contributed by atoms with Crippen LogP contribution in [0.3, 0.4) is 0 Å². The van der Waals surface area contributed by atoms with Gasteiger partial charge in [-0.1, -0.05) is 21.1 Å². The number of aryl methyl sites for hydroxylation is 1. The number of amides is 2. The molecule has 0 radical (unpaired) electrons. The lowest BCUT2D eigenvalue weighted by atomic mass is 9.86. The third kappa shape index (κ3) is 2.76. The van der Waals surface area contributed by atoms with Crippen LogP contribution >= 0.6 is 15.9 Å². The molecule has 130 valence electrons. The summed E-state index contributed by atoms with van der Waals surface area (Å²) in [5, 5.41) is 6.54. The van der Waals surface area contributed by atoms with Crippen LogP contribution in [0.2, 0.25) is 0 Å². The summed E-state index contributed by atoms with van der Waals surface area (Å²) in [7, 11) is 0. The van der Waals surface area contributed by atoms with E-state index in [0.29, 0.717) is 18.0 Å². The molecule has 1 N–H and O–H groups in total. The van der Waals surface area contributed by atoms with Crippen molar-refractivity contribution in [1.82, 2.24) is 10.1 Å². The van der Waals surface area contributed by atoms with Crippen molar-refractivity contribution in [3.63, 3.8) is 0 Å². The molecule has 0 unspecified atom stereocenters. The number of hydrogen-bond donors (Lipinski definition) is 1. The van der Waals surface area contributed by atoms with Crippen LogP contribution in [0.5, 0.6) is 0 Å². The first-order chi connectivity index (χ1) is 11.9. The molecule has 2 amide bonds. The zero-order valence-electron chi connectivity index (χ0n) is 14.1. The molecule has 2 aromatic rings. The Balaban J connectivity index is 1.54. The SMILES string of the molecule is Cc1noc(NC(=O)CN2CC3(CC3)c3cc(Br)ccc3C2=O)c1C. The van der Waals surface area contributed by atoms with Crippen molar-refractivity contribution in [3.8, 4) is 0 Å². The van der Waals surface area contributed by atoms with Gasteiger partial charge in [-0.25, -0.2) is 0 Å². The van der Waals surface area contributed by atoms with E-state index >= 15 is 0 Å². The van der Waals surface area contributed by atoms with Gasteiger partial charge in [-0.3, -0.25) is 14.9 Å². The topological polar surface area (TPSA) is 75.4 Å². The molecule has 0 bridgehead atoms. The molecule has 1 aliphatic heterocycles. The number of fused-ring (bicyclic) bond motifs is 2. The predicted octanol–water partition coefficient (Wildman–Crippen LogP) is 3.18. The van der Waals surface area contributed by atoms with Crippen molar-refractivity contribution in [1.29, 1.82) is 0 Å². The maximum Gasteiger partial charge on any atom is 0.254 e. The van der Waals surface area contributed by atoms with E-state index in [2.05, 4.69) is 26.4 Å². The molecule has 25 heavy (non-hydrogen) atoms. The van der Waals surface area contributed by atoms with E-state index in [0.717, 1.165) is 34.1 Å². The van der Waals surface area contributed by atoms with Crippen LogP contribution in [0.25, 0.3) is 0 Å². The molecule has 1 aromatic heterocycles. The Bertz CT molecular complexity index is 886. The van der Waals surface area contributed by atoms with Gasteiger partial charge in [0, 0.05) is 27.6 Å². The van der Waals surface area contributed by atoms with Crippen molar-refractivity contribution in [2.45, 2.75) is 32.1 Å². The highest BCUT2D eigenvalue weighted by Crippen LogP contribution is 2.52. The summed E-state index contributed by atoms with van der Waals surface area (Å²) in [5.41, 5.74) is 3.34. The van der Waals surface area contributed by atoms with E-state index in [-0.39, 0.29) is 23.8 Å². The number of rotatable bonds is 3. The second kappa shape index (κ2) is 5.69. The minimum atomic E-state index is -0.274. The second-order valence-corrected chi connectivity index (χ2v) is 7.82. The molecular weight excluding hydrogens is 386 g/mol. The Morgan fingerprint density at radius 2 is 2.16 bits per heavy atom. The lowest BCUT2D eigenvalue weighted by Gasteiger charge is -2.34. The number of nitrogens with zero attached hydrogens (tertiary/aromatic N) is 2. The van der Waals surface area contributed by atoms with Gasteiger partial charge in [0.2, 0.25) is 11.8 Å². The van der Waals surface area contributed by atoms with Crippen LogP contribution in [-0.4, -0.2) is 35.0 Å². The van der Waals surface area contributed by atoms with Crippen molar-refractivity contribution < 1.29 is 14.1 Å². The molecule has 1 aromatic carbocycles. The fraction of sp³-hybridized carbons (Fsp3) is 0.389. The second-order valence-electron chi connectivity index (χ2n) is 6.90. The largest absolute Gasteiger partial charge is 0.338 e. The Kier molecular flexibility index (Phi) is 3.72. The monoisotopic (exact) mass is 403 g/mol. The highest BCUT2D eigenvalue weighted by atomic mass is 79.9. The summed E-state index contributed by atoms with van der Waals surface area (Å²) in [4.78, 5) is 26.8. The Hall–Kier alpha value is -2.15. The Labute approximate surface area is 153 Å². The minimum absolute atomic E-state index is 0.00600. The molecule has 4 rings (SSSR count). The summed E-state index contributed by atoms with van der Waals surface area (Å²) in [6.07, 6.45) is 2.09.